The predicted octanol–water partition coefficient (Wildman–Crippen LogP) is 4.42. The van der Waals surface area contributed by atoms with Crippen molar-refractivity contribution >= 4 is 17.7 Å². The third-order valence-corrected chi connectivity index (χ3v) is 4.41. The number of benzene rings is 3. The molecule has 3 aromatic carbocycles. The number of methoxy groups -OCH3 is 3. The lowest BCUT2D eigenvalue weighted by atomic mass is 10.0. The van der Waals surface area contributed by atoms with Gasteiger partial charge in [0.1, 0.15) is 23.0 Å². The molecule has 0 unspecified atom stereocenters. The van der Waals surface area contributed by atoms with Gasteiger partial charge in [0.2, 0.25) is 5.78 Å². The zero-order chi connectivity index (χ0) is 21.3. The van der Waals surface area contributed by atoms with E-state index in [2.05, 4.69) is 10.2 Å². The monoisotopic (exact) mass is 402 g/mol. The van der Waals surface area contributed by atoms with Crippen LogP contribution in [0.15, 0.2) is 83.0 Å². The average molecular weight is 402 g/mol. The first-order valence-corrected chi connectivity index (χ1v) is 9.23. The van der Waals surface area contributed by atoms with Gasteiger partial charge >= 0.3 is 0 Å². The Kier molecular flexibility index (Phi) is 6.95. The van der Waals surface area contributed by atoms with Crippen molar-refractivity contribution in [1.82, 2.24) is 0 Å². The third-order valence-electron chi connectivity index (χ3n) is 4.41. The smallest absolute Gasteiger partial charge is 0.213 e. The second kappa shape index (κ2) is 10.0. The fraction of sp³-hybridized carbons (Fsp3) is 0.125. The van der Waals surface area contributed by atoms with Crippen LogP contribution in [0, 0.1) is 0 Å². The summed E-state index contributed by atoms with van der Waals surface area (Å²) in [6, 6.07) is 21.4. The lowest BCUT2D eigenvalue weighted by molar-refractivity contribution is 0.106. The second-order valence-corrected chi connectivity index (χ2v) is 6.25. The van der Waals surface area contributed by atoms with Crippen molar-refractivity contribution in [2.45, 2.75) is 0 Å². The number of nitrogens with zero attached hydrogens (tertiary/aromatic N) is 2. The van der Waals surface area contributed by atoms with Gasteiger partial charge in [-0.05, 0) is 78.4 Å². The average Bonchev–Trinajstić information content (AvgIpc) is 2.82. The number of carbonyl (C=O) groups excluding carboxylic acids is 1. The Labute approximate surface area is 175 Å². The van der Waals surface area contributed by atoms with E-state index in [4.69, 9.17) is 14.2 Å². The summed E-state index contributed by atoms with van der Waals surface area (Å²) in [4.78, 5) is 13.1. The number of carbonyl (C=O) groups is 1. The minimum absolute atomic E-state index is 0.229. The highest BCUT2D eigenvalue weighted by Gasteiger charge is 2.17. The summed E-state index contributed by atoms with van der Waals surface area (Å²) in [6.45, 7) is 0. The molecule has 0 bridgehead atoms. The highest BCUT2D eigenvalue weighted by atomic mass is 16.5. The van der Waals surface area contributed by atoms with Crippen LogP contribution in [-0.4, -0.2) is 39.0 Å². The van der Waals surface area contributed by atoms with Crippen molar-refractivity contribution in [3.63, 3.8) is 0 Å². The molecule has 6 nitrogen and oxygen atoms in total. The number of Topliss-reactive ketones (excluding diaryl/α,β-unsaturated/α-hetero) is 1. The van der Waals surface area contributed by atoms with Crippen LogP contribution in [0.25, 0.3) is 0 Å². The maximum Gasteiger partial charge on any atom is 0.213 e. The third kappa shape index (κ3) is 5.11. The minimum Gasteiger partial charge on any atom is -0.497 e. The van der Waals surface area contributed by atoms with Crippen molar-refractivity contribution in [1.29, 1.82) is 0 Å². The molecule has 0 heterocycles. The Morgan fingerprint density at radius 2 is 1.10 bits per heavy atom. The van der Waals surface area contributed by atoms with E-state index in [1.165, 1.54) is 0 Å². The van der Waals surface area contributed by atoms with Crippen molar-refractivity contribution in [2.24, 2.45) is 10.2 Å². The molecule has 30 heavy (non-hydrogen) atoms. The van der Waals surface area contributed by atoms with E-state index < -0.39 is 0 Å². The van der Waals surface area contributed by atoms with Crippen LogP contribution < -0.4 is 14.2 Å². The molecule has 0 aromatic heterocycles. The van der Waals surface area contributed by atoms with Gasteiger partial charge in [0.15, 0.2) is 0 Å². The Morgan fingerprint density at radius 1 is 0.667 bits per heavy atom. The van der Waals surface area contributed by atoms with Gasteiger partial charge in [-0.25, -0.2) is 0 Å². The Hall–Kier alpha value is -3.93. The van der Waals surface area contributed by atoms with Gasteiger partial charge in [0.05, 0.1) is 27.5 Å². The van der Waals surface area contributed by atoms with Crippen LogP contribution >= 0.6 is 0 Å². The first-order chi connectivity index (χ1) is 14.6. The van der Waals surface area contributed by atoms with Gasteiger partial charge in [-0.3, -0.25) is 4.79 Å². The molecule has 0 N–H and O–H groups in total. The standard InChI is InChI=1S/C24H22N2O4/c1-28-20-10-4-17(5-11-20)16-25-26-23(18-6-12-21(29-2)13-7-18)24(27)19-8-14-22(30-3)15-9-19/h4-16H,1-3H3/b25-16+,26-23-. The Bertz CT molecular complexity index is 1040. The van der Waals surface area contributed by atoms with Crippen molar-refractivity contribution in [2.75, 3.05) is 21.3 Å². The predicted molar refractivity (Wildman–Crippen MR) is 117 cm³/mol. The molecule has 0 amide bonds. The molecule has 3 rings (SSSR count). The van der Waals surface area contributed by atoms with Crippen LogP contribution in [0.3, 0.4) is 0 Å². The molecule has 0 radical (unpaired) electrons. The number of hydrogen-bond acceptors (Lipinski definition) is 6. The van der Waals surface area contributed by atoms with Crippen LogP contribution in [0.5, 0.6) is 17.2 Å². The molecule has 152 valence electrons. The number of hydrogen-bond donors (Lipinski definition) is 0. The van der Waals surface area contributed by atoms with Gasteiger partial charge in [-0.1, -0.05) is 0 Å². The molecule has 0 aliphatic heterocycles. The van der Waals surface area contributed by atoms with Crippen molar-refractivity contribution in [3.8, 4) is 17.2 Å². The SMILES string of the molecule is COc1ccc(/C=N/N=C(\C(=O)c2ccc(OC)cc2)c2ccc(OC)cc2)cc1. The van der Waals surface area contributed by atoms with Gasteiger partial charge in [-0.15, -0.1) is 5.10 Å². The van der Waals surface area contributed by atoms with E-state index in [1.807, 2.05) is 24.3 Å². The second-order valence-electron chi connectivity index (χ2n) is 6.25. The molecule has 0 saturated heterocycles. The quantitative estimate of drug-likeness (QED) is 0.318. The molecule has 0 atom stereocenters. The van der Waals surface area contributed by atoms with Crippen molar-refractivity contribution in [3.05, 3.63) is 89.5 Å². The molecule has 0 aliphatic rings. The molecule has 0 aliphatic carbocycles. The largest absolute Gasteiger partial charge is 0.497 e. The lowest BCUT2D eigenvalue weighted by Crippen LogP contribution is -2.15. The summed E-state index contributed by atoms with van der Waals surface area (Å²) in [5.41, 5.74) is 2.20. The van der Waals surface area contributed by atoms with E-state index in [9.17, 15) is 4.79 Å². The molecule has 0 spiro atoms. The van der Waals surface area contributed by atoms with E-state index in [0.29, 0.717) is 22.6 Å². The van der Waals surface area contributed by atoms with Gasteiger partial charge in [-0.2, -0.15) is 5.10 Å². The van der Waals surface area contributed by atoms with Crippen LogP contribution in [0.1, 0.15) is 21.5 Å². The first-order valence-electron chi connectivity index (χ1n) is 9.23. The van der Waals surface area contributed by atoms with E-state index in [1.54, 1.807) is 76.1 Å². The van der Waals surface area contributed by atoms with E-state index >= 15 is 0 Å². The maximum atomic E-state index is 13.1. The Morgan fingerprint density at radius 3 is 1.57 bits per heavy atom. The topological polar surface area (TPSA) is 69.5 Å². The van der Waals surface area contributed by atoms with Crippen LogP contribution in [0.2, 0.25) is 0 Å². The summed E-state index contributed by atoms with van der Waals surface area (Å²) in [5.74, 6) is 1.88. The summed E-state index contributed by atoms with van der Waals surface area (Å²) in [5, 5.41) is 8.38. The molecular formula is C24H22N2O4. The minimum atomic E-state index is -0.241. The molecular weight excluding hydrogens is 380 g/mol. The summed E-state index contributed by atoms with van der Waals surface area (Å²) >= 11 is 0. The number of ketones is 1. The van der Waals surface area contributed by atoms with Crippen LogP contribution in [0.4, 0.5) is 0 Å². The molecule has 0 fully saturated rings. The molecule has 0 saturated carbocycles. The van der Waals surface area contributed by atoms with E-state index in [-0.39, 0.29) is 11.5 Å². The summed E-state index contributed by atoms with van der Waals surface area (Å²) in [6.07, 6.45) is 1.59. The zero-order valence-electron chi connectivity index (χ0n) is 17.0. The first kappa shape index (κ1) is 20.8. The van der Waals surface area contributed by atoms with E-state index in [0.717, 1.165) is 11.3 Å². The van der Waals surface area contributed by atoms with Gasteiger partial charge < -0.3 is 14.2 Å². The van der Waals surface area contributed by atoms with Crippen molar-refractivity contribution < 1.29 is 19.0 Å². The zero-order valence-corrected chi connectivity index (χ0v) is 17.0. The molecule has 6 heteroatoms. The maximum absolute atomic E-state index is 13.1. The number of rotatable bonds is 8. The Balaban J connectivity index is 1.93. The summed E-state index contributed by atoms with van der Waals surface area (Å²) in [7, 11) is 4.78. The van der Waals surface area contributed by atoms with Gasteiger partial charge in [0.25, 0.3) is 0 Å². The molecule has 3 aromatic rings. The summed E-state index contributed by atoms with van der Waals surface area (Å²) < 4.78 is 15.5. The fourth-order valence-corrected chi connectivity index (χ4v) is 2.71. The van der Waals surface area contributed by atoms with Gasteiger partial charge in [0, 0.05) is 11.1 Å². The highest BCUT2D eigenvalue weighted by molar-refractivity contribution is 6.51. The highest BCUT2D eigenvalue weighted by Crippen LogP contribution is 2.17. The van der Waals surface area contributed by atoms with Crippen LogP contribution in [-0.2, 0) is 0 Å². The number of ether oxygens (including phenoxy) is 3. The fourth-order valence-electron chi connectivity index (χ4n) is 2.71. The normalized spacial score (nSPS) is 11.4. The lowest BCUT2D eigenvalue weighted by Gasteiger charge is -2.07.